The first-order valence-corrected chi connectivity index (χ1v) is 8.41. The van der Waals surface area contributed by atoms with Gasteiger partial charge in [0.1, 0.15) is 0 Å². The van der Waals surface area contributed by atoms with Gasteiger partial charge in [-0.2, -0.15) is 0 Å². The van der Waals surface area contributed by atoms with Crippen LogP contribution in [0.15, 0.2) is 41.8 Å². The number of rotatable bonds is 7. The third-order valence-corrected chi connectivity index (χ3v) is 4.53. The predicted molar refractivity (Wildman–Crippen MR) is 91.3 cm³/mol. The molecule has 0 aliphatic carbocycles. The summed E-state index contributed by atoms with van der Waals surface area (Å²) >= 11 is 1.52. The molecule has 4 nitrogen and oxygen atoms in total. The van der Waals surface area contributed by atoms with E-state index >= 15 is 0 Å². The monoisotopic (exact) mass is 331 g/mol. The summed E-state index contributed by atoms with van der Waals surface area (Å²) in [5, 5.41) is 4.87. The molecular weight excluding hydrogens is 310 g/mol. The van der Waals surface area contributed by atoms with Crippen LogP contribution in [-0.2, 0) is 20.7 Å². The lowest BCUT2D eigenvalue weighted by Crippen LogP contribution is -2.30. The molecule has 23 heavy (non-hydrogen) atoms. The Hall–Kier alpha value is -2.14. The second kappa shape index (κ2) is 8.48. The normalized spacial score (nSPS) is 11.7. The highest BCUT2D eigenvalue weighted by Crippen LogP contribution is 2.22. The van der Waals surface area contributed by atoms with Crippen molar-refractivity contribution in [3.63, 3.8) is 0 Å². The molecule has 0 saturated carbocycles. The van der Waals surface area contributed by atoms with Gasteiger partial charge in [-0.15, -0.1) is 11.3 Å². The fourth-order valence-corrected chi connectivity index (χ4v) is 3.13. The first kappa shape index (κ1) is 17.2. The number of hydrogen-bond donors (Lipinski definition) is 1. The van der Waals surface area contributed by atoms with Gasteiger partial charge in [0, 0.05) is 11.3 Å². The molecule has 1 unspecified atom stereocenters. The summed E-state index contributed by atoms with van der Waals surface area (Å²) < 4.78 is 4.72. The lowest BCUT2D eigenvalue weighted by Gasteiger charge is -2.16. The molecule has 122 valence electrons. The molecule has 1 aromatic carbocycles. The van der Waals surface area contributed by atoms with E-state index in [1.165, 1.54) is 24.0 Å². The van der Waals surface area contributed by atoms with Crippen molar-refractivity contribution in [3.8, 4) is 0 Å². The summed E-state index contributed by atoms with van der Waals surface area (Å²) in [7, 11) is 1.35. The first-order valence-electron chi connectivity index (χ1n) is 7.53. The number of carbonyl (C=O) groups is 2. The Morgan fingerprint density at radius 2 is 2.09 bits per heavy atom. The molecular formula is C18H21NO3S. The van der Waals surface area contributed by atoms with Crippen molar-refractivity contribution in [1.29, 1.82) is 0 Å². The molecule has 0 aliphatic rings. The van der Waals surface area contributed by atoms with Crippen molar-refractivity contribution < 1.29 is 14.3 Å². The highest BCUT2D eigenvalue weighted by molar-refractivity contribution is 7.10. The maximum atomic E-state index is 12.2. The van der Waals surface area contributed by atoms with Gasteiger partial charge in [0.15, 0.2) is 0 Å². The van der Waals surface area contributed by atoms with Gasteiger partial charge < -0.3 is 10.1 Å². The molecule has 2 aromatic rings. The number of methoxy groups -OCH3 is 1. The summed E-state index contributed by atoms with van der Waals surface area (Å²) in [5.74, 6) is -0.392. The molecule has 0 radical (unpaired) electrons. The lowest BCUT2D eigenvalue weighted by atomic mass is 10.1. The van der Waals surface area contributed by atoms with Crippen LogP contribution in [0.5, 0.6) is 0 Å². The molecule has 5 heteroatoms. The van der Waals surface area contributed by atoms with E-state index in [-0.39, 0.29) is 24.3 Å². The number of esters is 1. The molecule has 1 amide bonds. The largest absolute Gasteiger partial charge is 0.469 e. The Labute approximate surface area is 140 Å². The third-order valence-electron chi connectivity index (χ3n) is 3.54. The van der Waals surface area contributed by atoms with Crippen LogP contribution in [0.3, 0.4) is 0 Å². The van der Waals surface area contributed by atoms with Gasteiger partial charge in [0.05, 0.1) is 19.6 Å². The van der Waals surface area contributed by atoms with E-state index in [2.05, 4.69) is 11.4 Å². The topological polar surface area (TPSA) is 55.4 Å². The number of ether oxygens (including phenoxy) is 1. The van der Waals surface area contributed by atoms with Crippen LogP contribution in [-0.4, -0.2) is 19.0 Å². The molecule has 0 saturated heterocycles. The number of amides is 1. The number of hydrogen-bond acceptors (Lipinski definition) is 4. The zero-order valence-electron chi connectivity index (χ0n) is 13.4. The van der Waals surface area contributed by atoms with Crippen molar-refractivity contribution >= 4 is 23.2 Å². The number of nitrogens with one attached hydrogen (secondary N) is 1. The lowest BCUT2D eigenvalue weighted by molar-refractivity contribution is -0.141. The van der Waals surface area contributed by atoms with Crippen molar-refractivity contribution in [3.05, 3.63) is 57.8 Å². The maximum absolute atomic E-state index is 12.2. The SMILES string of the molecule is COC(=O)CC(NC(=O)CCc1cccc(C)c1)c1cccs1. The minimum atomic E-state index is -0.331. The van der Waals surface area contributed by atoms with Crippen LogP contribution in [0.2, 0.25) is 0 Å². The molecule has 0 spiro atoms. The number of thiophene rings is 1. The van der Waals surface area contributed by atoms with E-state index in [1.54, 1.807) is 0 Å². The quantitative estimate of drug-likeness (QED) is 0.791. The van der Waals surface area contributed by atoms with Gasteiger partial charge in [-0.25, -0.2) is 0 Å². The van der Waals surface area contributed by atoms with E-state index in [0.717, 1.165) is 10.4 Å². The molecule has 0 aliphatic heterocycles. The van der Waals surface area contributed by atoms with Gasteiger partial charge in [0.2, 0.25) is 5.91 Å². The Kier molecular flexibility index (Phi) is 6.35. The summed E-state index contributed by atoms with van der Waals surface area (Å²) in [6, 6.07) is 11.6. The van der Waals surface area contributed by atoms with Gasteiger partial charge in [-0.1, -0.05) is 35.9 Å². The van der Waals surface area contributed by atoms with Crippen molar-refractivity contribution in [2.45, 2.75) is 32.2 Å². The van der Waals surface area contributed by atoms with Crippen molar-refractivity contribution in [2.75, 3.05) is 7.11 Å². The highest BCUT2D eigenvalue weighted by Gasteiger charge is 2.19. The smallest absolute Gasteiger partial charge is 0.307 e. The fourth-order valence-electron chi connectivity index (χ4n) is 2.35. The van der Waals surface area contributed by atoms with Gasteiger partial charge >= 0.3 is 5.97 Å². The Morgan fingerprint density at radius 3 is 2.74 bits per heavy atom. The van der Waals surface area contributed by atoms with Gasteiger partial charge in [-0.05, 0) is 30.4 Å². The van der Waals surface area contributed by atoms with E-state index in [1.807, 2.05) is 42.6 Å². The summed E-state index contributed by atoms with van der Waals surface area (Å²) in [6.45, 7) is 2.03. The van der Waals surface area contributed by atoms with Crippen LogP contribution in [0, 0.1) is 6.92 Å². The maximum Gasteiger partial charge on any atom is 0.307 e. The standard InChI is InChI=1S/C18H21NO3S/c1-13-5-3-6-14(11-13)8-9-17(20)19-15(12-18(21)22-2)16-7-4-10-23-16/h3-7,10-11,15H,8-9,12H2,1-2H3,(H,19,20). The number of carbonyl (C=O) groups excluding carboxylic acids is 2. The molecule has 1 aromatic heterocycles. The fraction of sp³-hybridized carbons (Fsp3) is 0.333. The van der Waals surface area contributed by atoms with Gasteiger partial charge in [0.25, 0.3) is 0 Å². The predicted octanol–water partition coefficient (Wildman–Crippen LogP) is 3.41. The minimum absolute atomic E-state index is 0.0613. The molecule has 1 heterocycles. The van der Waals surface area contributed by atoms with E-state index < -0.39 is 0 Å². The second-order valence-electron chi connectivity index (χ2n) is 5.40. The summed E-state index contributed by atoms with van der Waals surface area (Å²) in [5.41, 5.74) is 2.32. The molecule has 1 atom stereocenters. The zero-order chi connectivity index (χ0) is 16.7. The second-order valence-corrected chi connectivity index (χ2v) is 6.38. The van der Waals surface area contributed by atoms with E-state index in [9.17, 15) is 9.59 Å². The van der Waals surface area contributed by atoms with Crippen molar-refractivity contribution in [1.82, 2.24) is 5.32 Å². The van der Waals surface area contributed by atoms with Crippen LogP contribution < -0.4 is 5.32 Å². The first-order chi connectivity index (χ1) is 11.1. The van der Waals surface area contributed by atoms with Crippen LogP contribution in [0.25, 0.3) is 0 Å². The van der Waals surface area contributed by atoms with Crippen molar-refractivity contribution in [2.24, 2.45) is 0 Å². The van der Waals surface area contributed by atoms with Crippen LogP contribution >= 0.6 is 11.3 Å². The van der Waals surface area contributed by atoms with E-state index in [0.29, 0.717) is 12.8 Å². The highest BCUT2D eigenvalue weighted by atomic mass is 32.1. The van der Waals surface area contributed by atoms with E-state index in [4.69, 9.17) is 4.74 Å². The summed E-state index contributed by atoms with van der Waals surface area (Å²) in [4.78, 5) is 24.7. The Morgan fingerprint density at radius 1 is 1.26 bits per heavy atom. The van der Waals surface area contributed by atoms with Crippen LogP contribution in [0.1, 0.15) is 34.9 Å². The molecule has 0 bridgehead atoms. The van der Waals surface area contributed by atoms with Gasteiger partial charge in [-0.3, -0.25) is 9.59 Å². The Balaban J connectivity index is 1.93. The number of aryl methyl sites for hydroxylation is 2. The molecule has 0 fully saturated rings. The third kappa shape index (κ3) is 5.53. The zero-order valence-corrected chi connectivity index (χ0v) is 14.2. The minimum Gasteiger partial charge on any atom is -0.469 e. The Bertz CT molecular complexity index is 652. The van der Waals surface area contributed by atoms with Crippen LogP contribution in [0.4, 0.5) is 0 Å². The average Bonchev–Trinajstić information content (AvgIpc) is 3.06. The average molecular weight is 331 g/mol. The number of benzene rings is 1. The summed E-state index contributed by atoms with van der Waals surface area (Å²) in [6.07, 6.45) is 1.22. The molecule has 2 rings (SSSR count). The molecule has 1 N–H and O–H groups in total.